The zero-order valence-electron chi connectivity index (χ0n) is 13.4. The number of Topliss-reactive ketones (excluding diaryl/α,β-unsaturated/α-hetero) is 1. The molecular weight excluding hydrogens is 264 g/mol. The molecule has 2 atom stereocenters. The lowest BCUT2D eigenvalue weighted by molar-refractivity contribution is -0.144. The summed E-state index contributed by atoms with van der Waals surface area (Å²) in [5.74, 6) is 1.61. The highest BCUT2D eigenvalue weighted by molar-refractivity contribution is 5.82. The maximum atomic E-state index is 12.3. The third kappa shape index (κ3) is 5.44. The van der Waals surface area contributed by atoms with Gasteiger partial charge >= 0.3 is 5.97 Å². The molecule has 2 rings (SSSR count). The van der Waals surface area contributed by atoms with Crippen LogP contribution in [0.3, 0.4) is 0 Å². The lowest BCUT2D eigenvalue weighted by Crippen LogP contribution is -2.27. The van der Waals surface area contributed by atoms with Crippen LogP contribution >= 0.6 is 0 Å². The molecule has 120 valence electrons. The Bertz CT molecular complexity index is 344. The van der Waals surface area contributed by atoms with Crippen LogP contribution in [0.4, 0.5) is 0 Å². The minimum Gasteiger partial charge on any atom is -0.466 e. The van der Waals surface area contributed by atoms with E-state index >= 15 is 0 Å². The van der Waals surface area contributed by atoms with Gasteiger partial charge in [0.25, 0.3) is 0 Å². The number of ether oxygens (including phenoxy) is 1. The number of esters is 1. The van der Waals surface area contributed by atoms with Crippen molar-refractivity contribution in [2.75, 3.05) is 6.61 Å². The molecular formula is C18H30O3. The Labute approximate surface area is 128 Å². The maximum Gasteiger partial charge on any atom is 0.306 e. The SMILES string of the molecule is CCOC(=O)CC1CCC(CCC2CCCCC2)C(=O)C1. The van der Waals surface area contributed by atoms with Crippen LogP contribution in [0.1, 0.15) is 77.6 Å². The summed E-state index contributed by atoms with van der Waals surface area (Å²) in [7, 11) is 0. The fourth-order valence-corrected chi connectivity index (χ4v) is 4.00. The molecule has 3 heteroatoms. The fraction of sp³-hybridized carbons (Fsp3) is 0.889. The van der Waals surface area contributed by atoms with Gasteiger partial charge in [0, 0.05) is 18.8 Å². The van der Waals surface area contributed by atoms with Gasteiger partial charge in [-0.2, -0.15) is 0 Å². The zero-order valence-corrected chi connectivity index (χ0v) is 13.4. The number of hydrogen-bond acceptors (Lipinski definition) is 3. The molecule has 2 fully saturated rings. The molecule has 21 heavy (non-hydrogen) atoms. The quantitative estimate of drug-likeness (QED) is 0.686. The number of hydrogen-bond donors (Lipinski definition) is 0. The molecule has 2 aliphatic carbocycles. The van der Waals surface area contributed by atoms with E-state index in [2.05, 4.69) is 0 Å². The van der Waals surface area contributed by atoms with Gasteiger partial charge < -0.3 is 4.74 Å². The number of carbonyl (C=O) groups is 2. The molecule has 2 saturated carbocycles. The summed E-state index contributed by atoms with van der Waals surface area (Å²) in [4.78, 5) is 23.8. The highest BCUT2D eigenvalue weighted by Gasteiger charge is 2.30. The Morgan fingerprint density at radius 1 is 1.05 bits per heavy atom. The second-order valence-electron chi connectivity index (χ2n) is 6.90. The van der Waals surface area contributed by atoms with Crippen molar-refractivity contribution in [3.8, 4) is 0 Å². The van der Waals surface area contributed by atoms with E-state index in [0.29, 0.717) is 25.2 Å². The van der Waals surface area contributed by atoms with Crippen molar-refractivity contribution in [3.63, 3.8) is 0 Å². The number of ketones is 1. The van der Waals surface area contributed by atoms with Gasteiger partial charge in [0.2, 0.25) is 0 Å². The van der Waals surface area contributed by atoms with Gasteiger partial charge in [-0.3, -0.25) is 9.59 Å². The average molecular weight is 294 g/mol. The summed E-state index contributed by atoms with van der Waals surface area (Å²) < 4.78 is 4.98. The van der Waals surface area contributed by atoms with Gasteiger partial charge in [0.15, 0.2) is 0 Å². The molecule has 0 aliphatic heterocycles. The van der Waals surface area contributed by atoms with Crippen LogP contribution in [0.15, 0.2) is 0 Å². The second kappa shape index (κ2) is 8.55. The summed E-state index contributed by atoms with van der Waals surface area (Å²) in [6.07, 6.45) is 12.2. The summed E-state index contributed by atoms with van der Waals surface area (Å²) in [6.45, 7) is 2.26. The highest BCUT2D eigenvalue weighted by atomic mass is 16.5. The molecule has 0 radical (unpaired) electrons. The van der Waals surface area contributed by atoms with E-state index in [-0.39, 0.29) is 17.8 Å². The van der Waals surface area contributed by atoms with Crippen LogP contribution in [0.25, 0.3) is 0 Å². The smallest absolute Gasteiger partial charge is 0.306 e. The monoisotopic (exact) mass is 294 g/mol. The standard InChI is InChI=1S/C18H30O3/c1-2-21-18(20)13-15-9-11-16(17(19)12-15)10-8-14-6-4-3-5-7-14/h14-16H,2-13H2,1H3. The van der Waals surface area contributed by atoms with Gasteiger partial charge in [0.1, 0.15) is 5.78 Å². The van der Waals surface area contributed by atoms with Crippen molar-refractivity contribution in [2.24, 2.45) is 17.8 Å². The summed E-state index contributed by atoms with van der Waals surface area (Å²) in [5.41, 5.74) is 0. The largest absolute Gasteiger partial charge is 0.466 e. The van der Waals surface area contributed by atoms with Crippen LogP contribution in [0.2, 0.25) is 0 Å². The average Bonchev–Trinajstić information content (AvgIpc) is 2.48. The Morgan fingerprint density at radius 2 is 1.81 bits per heavy atom. The van der Waals surface area contributed by atoms with E-state index < -0.39 is 0 Å². The van der Waals surface area contributed by atoms with Gasteiger partial charge in [-0.15, -0.1) is 0 Å². The Balaban J connectivity index is 1.68. The molecule has 0 amide bonds. The van der Waals surface area contributed by atoms with Crippen molar-refractivity contribution in [2.45, 2.75) is 77.6 Å². The molecule has 0 spiro atoms. The van der Waals surface area contributed by atoms with E-state index in [9.17, 15) is 9.59 Å². The molecule has 0 aromatic carbocycles. The number of carbonyl (C=O) groups excluding carboxylic acids is 2. The van der Waals surface area contributed by atoms with Crippen molar-refractivity contribution in [3.05, 3.63) is 0 Å². The first-order valence-corrected chi connectivity index (χ1v) is 8.87. The number of rotatable bonds is 6. The van der Waals surface area contributed by atoms with Crippen molar-refractivity contribution in [1.29, 1.82) is 0 Å². The Morgan fingerprint density at radius 3 is 2.48 bits per heavy atom. The lowest BCUT2D eigenvalue weighted by Gasteiger charge is -2.29. The molecule has 0 bridgehead atoms. The fourth-order valence-electron chi connectivity index (χ4n) is 4.00. The van der Waals surface area contributed by atoms with Crippen molar-refractivity contribution in [1.82, 2.24) is 0 Å². The normalized spacial score (nSPS) is 27.6. The van der Waals surface area contributed by atoms with Crippen LogP contribution in [0, 0.1) is 17.8 Å². The first kappa shape index (κ1) is 16.5. The first-order valence-electron chi connectivity index (χ1n) is 8.87. The highest BCUT2D eigenvalue weighted by Crippen LogP contribution is 2.34. The van der Waals surface area contributed by atoms with Crippen LogP contribution in [0.5, 0.6) is 0 Å². The minimum atomic E-state index is -0.143. The van der Waals surface area contributed by atoms with E-state index in [4.69, 9.17) is 4.74 Å². The molecule has 3 nitrogen and oxygen atoms in total. The van der Waals surface area contributed by atoms with Gasteiger partial charge in [0.05, 0.1) is 6.61 Å². The lowest BCUT2D eigenvalue weighted by atomic mass is 9.75. The van der Waals surface area contributed by atoms with Gasteiger partial charge in [-0.1, -0.05) is 32.1 Å². The predicted octanol–water partition coefficient (Wildman–Crippen LogP) is 4.29. The molecule has 0 N–H and O–H groups in total. The topological polar surface area (TPSA) is 43.4 Å². The molecule has 2 unspecified atom stereocenters. The summed E-state index contributed by atoms with van der Waals surface area (Å²) in [5, 5.41) is 0. The van der Waals surface area contributed by atoms with Gasteiger partial charge in [-0.05, 0) is 44.4 Å². The van der Waals surface area contributed by atoms with E-state index in [0.717, 1.165) is 25.2 Å². The van der Waals surface area contributed by atoms with Crippen molar-refractivity contribution >= 4 is 11.8 Å². The zero-order chi connectivity index (χ0) is 15.1. The predicted molar refractivity (Wildman–Crippen MR) is 82.9 cm³/mol. The molecule has 2 aliphatic rings. The van der Waals surface area contributed by atoms with Crippen LogP contribution in [-0.4, -0.2) is 18.4 Å². The van der Waals surface area contributed by atoms with Crippen LogP contribution in [-0.2, 0) is 14.3 Å². The molecule has 0 aromatic rings. The van der Waals surface area contributed by atoms with Crippen LogP contribution < -0.4 is 0 Å². The Kier molecular flexibility index (Phi) is 6.72. The molecule has 0 heterocycles. The minimum absolute atomic E-state index is 0.143. The molecule has 0 aromatic heterocycles. The summed E-state index contributed by atoms with van der Waals surface area (Å²) >= 11 is 0. The first-order chi connectivity index (χ1) is 10.2. The second-order valence-corrected chi connectivity index (χ2v) is 6.90. The van der Waals surface area contributed by atoms with E-state index in [1.54, 1.807) is 0 Å². The van der Waals surface area contributed by atoms with Gasteiger partial charge in [-0.25, -0.2) is 0 Å². The maximum absolute atomic E-state index is 12.3. The van der Waals surface area contributed by atoms with Crippen molar-refractivity contribution < 1.29 is 14.3 Å². The summed E-state index contributed by atoms with van der Waals surface area (Å²) in [6, 6.07) is 0. The molecule has 0 saturated heterocycles. The Hall–Kier alpha value is -0.860. The third-order valence-electron chi connectivity index (χ3n) is 5.28. The van der Waals surface area contributed by atoms with E-state index in [1.165, 1.54) is 38.5 Å². The van der Waals surface area contributed by atoms with E-state index in [1.807, 2.05) is 6.92 Å². The third-order valence-corrected chi connectivity index (χ3v) is 5.28.